The van der Waals surface area contributed by atoms with Crippen LogP contribution in [0, 0.1) is 5.92 Å². The fourth-order valence-electron chi connectivity index (χ4n) is 1.70. The van der Waals surface area contributed by atoms with Crippen molar-refractivity contribution in [3.63, 3.8) is 0 Å². The van der Waals surface area contributed by atoms with Gasteiger partial charge in [-0.3, -0.25) is 0 Å². The maximum absolute atomic E-state index is 10.9. The van der Waals surface area contributed by atoms with Gasteiger partial charge in [0.15, 0.2) is 0 Å². The Kier molecular flexibility index (Phi) is 5.21. The summed E-state index contributed by atoms with van der Waals surface area (Å²) in [5.74, 6) is 0.503. The standard InChI is InChI=1S/C7H16N2O2S.ClH/c8-5-6-1-3-7(4-2-6)12(9,10)11;/h6-7H,1-5,8H2,(H2,9,10,11);1H. The second-order valence-electron chi connectivity index (χ2n) is 3.47. The summed E-state index contributed by atoms with van der Waals surface area (Å²) in [4.78, 5) is 0. The Labute approximate surface area is 85.5 Å². The molecule has 0 aromatic rings. The third-order valence-electron chi connectivity index (χ3n) is 2.59. The molecule has 1 saturated carbocycles. The zero-order valence-electron chi connectivity index (χ0n) is 7.48. The van der Waals surface area contributed by atoms with Crippen LogP contribution in [0.4, 0.5) is 0 Å². The van der Waals surface area contributed by atoms with Gasteiger partial charge < -0.3 is 5.73 Å². The fourth-order valence-corrected chi connectivity index (χ4v) is 2.63. The minimum Gasteiger partial charge on any atom is -0.330 e. The molecule has 0 spiro atoms. The number of primary sulfonamides is 1. The Balaban J connectivity index is 0.00000144. The van der Waals surface area contributed by atoms with Gasteiger partial charge in [0.05, 0.1) is 5.25 Å². The highest BCUT2D eigenvalue weighted by Crippen LogP contribution is 2.26. The molecule has 1 aliphatic carbocycles. The van der Waals surface area contributed by atoms with E-state index in [1.807, 2.05) is 0 Å². The lowest BCUT2D eigenvalue weighted by Gasteiger charge is -2.25. The van der Waals surface area contributed by atoms with Gasteiger partial charge in [0.2, 0.25) is 10.0 Å². The van der Waals surface area contributed by atoms with Crippen LogP contribution in [0.2, 0.25) is 0 Å². The second-order valence-corrected chi connectivity index (χ2v) is 5.31. The molecule has 0 bridgehead atoms. The Morgan fingerprint density at radius 3 is 1.92 bits per heavy atom. The third-order valence-corrected chi connectivity index (χ3v) is 3.99. The first kappa shape index (κ1) is 13.2. The van der Waals surface area contributed by atoms with Crippen LogP contribution >= 0.6 is 12.4 Å². The Bertz CT molecular complexity index is 235. The number of rotatable bonds is 2. The number of hydrogen-bond donors (Lipinski definition) is 2. The maximum Gasteiger partial charge on any atom is 0.211 e. The monoisotopic (exact) mass is 228 g/mol. The summed E-state index contributed by atoms with van der Waals surface area (Å²) in [6.07, 6.45) is 3.16. The molecule has 0 saturated heterocycles. The third kappa shape index (κ3) is 3.81. The summed E-state index contributed by atoms with van der Waals surface area (Å²) in [7, 11) is -3.30. The smallest absolute Gasteiger partial charge is 0.211 e. The number of halogens is 1. The Hall–Kier alpha value is 0.160. The summed E-state index contributed by atoms with van der Waals surface area (Å²) in [6, 6.07) is 0. The molecule has 0 radical (unpaired) electrons. The van der Waals surface area contributed by atoms with Crippen LogP contribution in [0.25, 0.3) is 0 Å². The van der Waals surface area contributed by atoms with Gasteiger partial charge in [-0.05, 0) is 38.1 Å². The molecule has 1 aliphatic rings. The predicted octanol–water partition coefficient (Wildman–Crippen LogP) is 0.214. The van der Waals surface area contributed by atoms with E-state index in [9.17, 15) is 8.42 Å². The summed E-state index contributed by atoms with van der Waals surface area (Å²) in [6.45, 7) is 0.664. The lowest BCUT2D eigenvalue weighted by atomic mass is 9.89. The highest BCUT2D eigenvalue weighted by Gasteiger charge is 2.27. The SMILES string of the molecule is Cl.NCC1CCC(S(N)(=O)=O)CC1. The van der Waals surface area contributed by atoms with Crippen LogP contribution in [-0.2, 0) is 10.0 Å². The molecule has 1 rings (SSSR count). The molecule has 80 valence electrons. The lowest BCUT2D eigenvalue weighted by molar-refractivity contribution is 0.364. The van der Waals surface area contributed by atoms with E-state index < -0.39 is 10.0 Å². The van der Waals surface area contributed by atoms with Gasteiger partial charge in [0.1, 0.15) is 0 Å². The fraction of sp³-hybridized carbons (Fsp3) is 1.00. The normalized spacial score (nSPS) is 29.4. The highest BCUT2D eigenvalue weighted by molar-refractivity contribution is 7.89. The molecule has 4 nitrogen and oxygen atoms in total. The molecular formula is C7H17ClN2O2S. The maximum atomic E-state index is 10.9. The summed E-state index contributed by atoms with van der Waals surface area (Å²) >= 11 is 0. The van der Waals surface area contributed by atoms with E-state index in [0.717, 1.165) is 12.8 Å². The van der Waals surface area contributed by atoms with E-state index in [1.54, 1.807) is 0 Å². The van der Waals surface area contributed by atoms with E-state index in [-0.39, 0.29) is 17.7 Å². The van der Waals surface area contributed by atoms with Gasteiger partial charge in [-0.25, -0.2) is 13.6 Å². The van der Waals surface area contributed by atoms with Crippen molar-refractivity contribution in [2.24, 2.45) is 16.8 Å². The first-order valence-corrected chi connectivity index (χ1v) is 5.86. The molecule has 4 N–H and O–H groups in total. The van der Waals surface area contributed by atoms with Crippen LogP contribution in [0.3, 0.4) is 0 Å². The predicted molar refractivity (Wildman–Crippen MR) is 55.2 cm³/mol. The molecular weight excluding hydrogens is 212 g/mol. The van der Waals surface area contributed by atoms with Crippen molar-refractivity contribution < 1.29 is 8.42 Å². The van der Waals surface area contributed by atoms with Gasteiger partial charge in [0, 0.05) is 0 Å². The molecule has 6 heteroatoms. The zero-order valence-corrected chi connectivity index (χ0v) is 9.11. The van der Waals surface area contributed by atoms with Crippen molar-refractivity contribution >= 4 is 22.4 Å². The first-order valence-electron chi connectivity index (χ1n) is 4.25. The summed E-state index contributed by atoms with van der Waals surface area (Å²) < 4.78 is 21.9. The average Bonchev–Trinajstić information content (AvgIpc) is 2.03. The number of hydrogen-bond acceptors (Lipinski definition) is 3. The van der Waals surface area contributed by atoms with E-state index >= 15 is 0 Å². The average molecular weight is 229 g/mol. The lowest BCUT2D eigenvalue weighted by Crippen LogP contribution is -2.33. The van der Waals surface area contributed by atoms with E-state index in [0.29, 0.717) is 25.3 Å². The Morgan fingerprint density at radius 1 is 1.15 bits per heavy atom. The largest absolute Gasteiger partial charge is 0.330 e. The highest BCUT2D eigenvalue weighted by atomic mass is 35.5. The van der Waals surface area contributed by atoms with Crippen molar-refractivity contribution in [2.75, 3.05) is 6.54 Å². The van der Waals surface area contributed by atoms with Crippen molar-refractivity contribution in [2.45, 2.75) is 30.9 Å². The van der Waals surface area contributed by atoms with E-state index in [2.05, 4.69) is 0 Å². The van der Waals surface area contributed by atoms with Gasteiger partial charge >= 0.3 is 0 Å². The van der Waals surface area contributed by atoms with Crippen molar-refractivity contribution in [1.82, 2.24) is 0 Å². The van der Waals surface area contributed by atoms with Crippen molar-refractivity contribution in [3.05, 3.63) is 0 Å². The summed E-state index contributed by atoms with van der Waals surface area (Å²) in [5.41, 5.74) is 5.48. The molecule has 0 aromatic heterocycles. The van der Waals surface area contributed by atoms with Crippen LogP contribution in [0.1, 0.15) is 25.7 Å². The van der Waals surface area contributed by atoms with Crippen LogP contribution < -0.4 is 10.9 Å². The minimum atomic E-state index is -3.30. The second kappa shape index (κ2) is 5.14. The van der Waals surface area contributed by atoms with Crippen LogP contribution in [-0.4, -0.2) is 20.2 Å². The molecule has 0 amide bonds. The quantitative estimate of drug-likeness (QED) is 0.709. The molecule has 0 aliphatic heterocycles. The minimum absolute atomic E-state index is 0. The van der Waals surface area contributed by atoms with E-state index in [1.165, 1.54) is 0 Å². The summed E-state index contributed by atoms with van der Waals surface area (Å²) in [5, 5.41) is 4.72. The molecule has 0 unspecified atom stereocenters. The van der Waals surface area contributed by atoms with Crippen molar-refractivity contribution in [3.8, 4) is 0 Å². The molecule has 13 heavy (non-hydrogen) atoms. The van der Waals surface area contributed by atoms with Crippen LogP contribution in [0.5, 0.6) is 0 Å². The topological polar surface area (TPSA) is 86.2 Å². The number of sulfonamides is 1. The molecule has 0 aromatic carbocycles. The molecule has 0 heterocycles. The van der Waals surface area contributed by atoms with Gasteiger partial charge in [0.25, 0.3) is 0 Å². The van der Waals surface area contributed by atoms with Gasteiger partial charge in [-0.2, -0.15) is 0 Å². The van der Waals surface area contributed by atoms with Crippen molar-refractivity contribution in [1.29, 1.82) is 0 Å². The van der Waals surface area contributed by atoms with Crippen LogP contribution in [0.15, 0.2) is 0 Å². The van der Waals surface area contributed by atoms with Gasteiger partial charge in [-0.1, -0.05) is 0 Å². The first-order chi connectivity index (χ1) is 5.54. The molecule has 1 fully saturated rings. The Morgan fingerprint density at radius 2 is 1.62 bits per heavy atom. The number of nitrogens with two attached hydrogens (primary N) is 2. The van der Waals surface area contributed by atoms with E-state index in [4.69, 9.17) is 10.9 Å². The van der Waals surface area contributed by atoms with Gasteiger partial charge in [-0.15, -0.1) is 12.4 Å². The zero-order chi connectivity index (χ0) is 9.19. The molecule has 0 atom stereocenters.